The molecule has 156 valence electrons. The molecule has 1 aromatic carbocycles. The van der Waals surface area contributed by atoms with Gasteiger partial charge in [0, 0.05) is 54.9 Å². The second kappa shape index (κ2) is 8.24. The lowest BCUT2D eigenvalue weighted by Gasteiger charge is -2.28. The Morgan fingerprint density at radius 1 is 1.31 bits per heavy atom. The van der Waals surface area contributed by atoms with Gasteiger partial charge in [0.15, 0.2) is 17.2 Å². The minimum Gasteiger partial charge on any atom is -0.461 e. The summed E-state index contributed by atoms with van der Waals surface area (Å²) in [7, 11) is 0. The molecule has 2 aliphatic heterocycles. The molecular formula is C21H26ClN3O4. The molecule has 0 aliphatic carbocycles. The number of hydrogen-bond donors (Lipinski definition) is 0. The number of esters is 1. The van der Waals surface area contributed by atoms with Gasteiger partial charge in [-0.15, -0.1) is 0 Å². The quantitative estimate of drug-likeness (QED) is 0.666. The van der Waals surface area contributed by atoms with Gasteiger partial charge in [0.1, 0.15) is 0 Å². The first kappa shape index (κ1) is 20.0. The zero-order valence-electron chi connectivity index (χ0n) is 17.0. The molecule has 0 saturated carbocycles. The summed E-state index contributed by atoms with van der Waals surface area (Å²) in [5.74, 6) is 1.49. The summed E-state index contributed by atoms with van der Waals surface area (Å²) >= 11 is 6.46. The molecule has 0 saturated heterocycles. The number of halogens is 1. The number of aromatic nitrogens is 2. The van der Waals surface area contributed by atoms with Crippen LogP contribution in [0, 0.1) is 5.92 Å². The molecule has 7 nitrogen and oxygen atoms in total. The zero-order valence-corrected chi connectivity index (χ0v) is 17.8. The van der Waals surface area contributed by atoms with Gasteiger partial charge in [-0.25, -0.2) is 4.79 Å². The Hall–Kier alpha value is -2.25. The molecule has 29 heavy (non-hydrogen) atoms. The van der Waals surface area contributed by atoms with Crippen LogP contribution in [-0.2, 0) is 30.8 Å². The number of benzene rings is 1. The van der Waals surface area contributed by atoms with E-state index in [0.717, 1.165) is 42.1 Å². The highest BCUT2D eigenvalue weighted by Gasteiger charge is 2.29. The van der Waals surface area contributed by atoms with Crippen molar-refractivity contribution in [3.63, 3.8) is 0 Å². The highest BCUT2D eigenvalue weighted by Crippen LogP contribution is 2.37. The fourth-order valence-electron chi connectivity index (χ4n) is 3.86. The highest BCUT2D eigenvalue weighted by atomic mass is 35.5. The predicted molar refractivity (Wildman–Crippen MR) is 108 cm³/mol. The average Bonchev–Trinajstić information content (AvgIpc) is 3.26. The molecule has 0 N–H and O–H groups in total. The summed E-state index contributed by atoms with van der Waals surface area (Å²) in [6.45, 7) is 9.60. The first-order valence-corrected chi connectivity index (χ1v) is 10.4. The van der Waals surface area contributed by atoms with Gasteiger partial charge in [0.05, 0.1) is 6.61 Å². The summed E-state index contributed by atoms with van der Waals surface area (Å²) in [4.78, 5) is 14.8. The van der Waals surface area contributed by atoms with Crippen LogP contribution in [0.25, 0.3) is 0 Å². The standard InChI is InChI=1S/C21H26ClN3O4/c1-4-27-21(26)20-15-11-24(6-5-17(15)25(23-20)9-13(2)3)10-14-7-18-19(8-16(14)22)29-12-28-18/h7-8,13H,4-6,9-12H2,1-3H3. The number of carbonyl (C=O) groups excluding carboxylic acids is 1. The van der Waals surface area contributed by atoms with Crippen LogP contribution in [0.1, 0.15) is 48.1 Å². The van der Waals surface area contributed by atoms with Gasteiger partial charge in [-0.3, -0.25) is 9.58 Å². The maximum Gasteiger partial charge on any atom is 0.359 e. The van der Waals surface area contributed by atoms with E-state index in [1.807, 2.05) is 17.7 Å². The van der Waals surface area contributed by atoms with Crippen molar-refractivity contribution >= 4 is 17.6 Å². The Kier molecular flexibility index (Phi) is 5.69. The summed E-state index contributed by atoms with van der Waals surface area (Å²) in [6.07, 6.45) is 0.830. The van der Waals surface area contributed by atoms with Gasteiger partial charge in [0.2, 0.25) is 6.79 Å². The van der Waals surface area contributed by atoms with Crippen molar-refractivity contribution in [2.45, 2.75) is 46.8 Å². The van der Waals surface area contributed by atoms with E-state index in [2.05, 4.69) is 23.8 Å². The molecule has 4 rings (SSSR count). The molecule has 8 heteroatoms. The van der Waals surface area contributed by atoms with E-state index in [-0.39, 0.29) is 12.8 Å². The van der Waals surface area contributed by atoms with Gasteiger partial charge in [-0.1, -0.05) is 25.4 Å². The summed E-state index contributed by atoms with van der Waals surface area (Å²) in [6, 6.07) is 3.74. The molecule has 1 aromatic heterocycles. The van der Waals surface area contributed by atoms with Crippen LogP contribution in [-0.4, -0.2) is 40.6 Å². The van der Waals surface area contributed by atoms with E-state index in [1.54, 1.807) is 6.07 Å². The second-order valence-corrected chi connectivity index (χ2v) is 8.24. The third kappa shape index (κ3) is 4.07. The Balaban J connectivity index is 1.59. The molecule has 0 unspecified atom stereocenters. The van der Waals surface area contributed by atoms with Gasteiger partial charge in [-0.05, 0) is 24.5 Å². The predicted octanol–water partition coefficient (Wildman–Crippen LogP) is 3.66. The normalized spacial score (nSPS) is 15.6. The van der Waals surface area contributed by atoms with E-state index in [0.29, 0.717) is 42.1 Å². The summed E-state index contributed by atoms with van der Waals surface area (Å²) in [5.41, 5.74) is 3.51. The number of hydrogen-bond acceptors (Lipinski definition) is 6. The van der Waals surface area contributed by atoms with Crippen molar-refractivity contribution < 1.29 is 19.0 Å². The van der Waals surface area contributed by atoms with Crippen molar-refractivity contribution in [3.05, 3.63) is 39.7 Å². The molecule has 3 heterocycles. The lowest BCUT2D eigenvalue weighted by Crippen LogP contribution is -2.31. The smallest absolute Gasteiger partial charge is 0.359 e. The van der Waals surface area contributed by atoms with Crippen LogP contribution in [0.3, 0.4) is 0 Å². The SMILES string of the molecule is CCOC(=O)c1nn(CC(C)C)c2c1CN(Cc1cc3c(cc1Cl)OCO3)CC2. The second-order valence-electron chi connectivity index (χ2n) is 7.83. The third-order valence-corrected chi connectivity index (χ3v) is 5.51. The minimum atomic E-state index is -0.353. The highest BCUT2D eigenvalue weighted by molar-refractivity contribution is 6.31. The fraction of sp³-hybridized carbons (Fsp3) is 0.524. The third-order valence-electron chi connectivity index (χ3n) is 5.16. The zero-order chi connectivity index (χ0) is 20.5. The molecule has 0 spiro atoms. The molecule has 0 radical (unpaired) electrons. The molecule has 0 fully saturated rings. The van der Waals surface area contributed by atoms with Crippen molar-refractivity contribution in [2.75, 3.05) is 19.9 Å². The maximum atomic E-state index is 12.5. The van der Waals surface area contributed by atoms with Crippen LogP contribution in [0.5, 0.6) is 11.5 Å². The molecular weight excluding hydrogens is 394 g/mol. The molecule has 2 aliphatic rings. The molecule has 2 aromatic rings. The fourth-order valence-corrected chi connectivity index (χ4v) is 4.08. The Bertz CT molecular complexity index is 925. The topological polar surface area (TPSA) is 65.8 Å². The number of fused-ring (bicyclic) bond motifs is 2. The van der Waals surface area contributed by atoms with E-state index in [9.17, 15) is 4.79 Å². The van der Waals surface area contributed by atoms with Crippen LogP contribution >= 0.6 is 11.6 Å². The lowest BCUT2D eigenvalue weighted by molar-refractivity contribution is 0.0515. The summed E-state index contributed by atoms with van der Waals surface area (Å²) in [5, 5.41) is 5.26. The van der Waals surface area contributed by atoms with Crippen molar-refractivity contribution in [2.24, 2.45) is 5.92 Å². The average molecular weight is 420 g/mol. The number of carbonyl (C=O) groups is 1. The number of rotatable bonds is 6. The van der Waals surface area contributed by atoms with Crippen molar-refractivity contribution in [1.82, 2.24) is 14.7 Å². The van der Waals surface area contributed by atoms with E-state index in [4.69, 9.17) is 25.8 Å². The Morgan fingerprint density at radius 3 is 2.79 bits per heavy atom. The van der Waals surface area contributed by atoms with E-state index in [1.165, 1.54) is 0 Å². The molecule has 0 amide bonds. The van der Waals surface area contributed by atoms with Gasteiger partial charge < -0.3 is 14.2 Å². The maximum absolute atomic E-state index is 12.5. The Morgan fingerprint density at radius 2 is 2.07 bits per heavy atom. The monoisotopic (exact) mass is 419 g/mol. The van der Waals surface area contributed by atoms with Gasteiger partial charge in [0.25, 0.3) is 0 Å². The largest absolute Gasteiger partial charge is 0.461 e. The molecule has 0 bridgehead atoms. The number of ether oxygens (including phenoxy) is 3. The van der Waals surface area contributed by atoms with Gasteiger partial charge >= 0.3 is 5.97 Å². The minimum absolute atomic E-state index is 0.222. The van der Waals surface area contributed by atoms with E-state index < -0.39 is 0 Å². The van der Waals surface area contributed by atoms with Crippen LogP contribution in [0.2, 0.25) is 5.02 Å². The van der Waals surface area contributed by atoms with E-state index >= 15 is 0 Å². The van der Waals surface area contributed by atoms with Crippen LogP contribution in [0.4, 0.5) is 0 Å². The first-order chi connectivity index (χ1) is 14.0. The van der Waals surface area contributed by atoms with Crippen molar-refractivity contribution in [1.29, 1.82) is 0 Å². The number of nitrogens with zero attached hydrogens (tertiary/aromatic N) is 3. The first-order valence-electron chi connectivity index (χ1n) is 10.0. The molecule has 0 atom stereocenters. The lowest BCUT2D eigenvalue weighted by atomic mass is 10.0. The Labute approximate surface area is 175 Å². The van der Waals surface area contributed by atoms with Crippen LogP contribution < -0.4 is 9.47 Å². The van der Waals surface area contributed by atoms with Crippen molar-refractivity contribution in [3.8, 4) is 11.5 Å². The summed E-state index contributed by atoms with van der Waals surface area (Å²) < 4.78 is 18.1. The van der Waals surface area contributed by atoms with Crippen LogP contribution in [0.15, 0.2) is 12.1 Å². The van der Waals surface area contributed by atoms with Gasteiger partial charge in [-0.2, -0.15) is 5.10 Å².